The average Bonchev–Trinajstić information content (AvgIpc) is 3.25. The van der Waals surface area contributed by atoms with Crippen molar-refractivity contribution < 1.29 is 9.59 Å². The van der Waals surface area contributed by atoms with Gasteiger partial charge in [-0.25, -0.2) is 0 Å². The summed E-state index contributed by atoms with van der Waals surface area (Å²) in [5.74, 6) is 0.593. The van der Waals surface area contributed by atoms with E-state index in [4.69, 9.17) is 0 Å². The number of hydrogen-bond donors (Lipinski definition) is 2. The number of amides is 2. The van der Waals surface area contributed by atoms with E-state index in [1.54, 1.807) is 11.3 Å². The Bertz CT molecular complexity index is 511. The molecule has 0 bridgehead atoms. The molecule has 0 unspecified atom stereocenters. The van der Waals surface area contributed by atoms with E-state index >= 15 is 0 Å². The first-order valence-corrected chi connectivity index (χ1v) is 9.01. The summed E-state index contributed by atoms with van der Waals surface area (Å²) in [6, 6.07) is 1.86. The van der Waals surface area contributed by atoms with Gasteiger partial charge in [-0.1, -0.05) is 0 Å². The molecule has 3 heterocycles. The third kappa shape index (κ3) is 3.67. The summed E-state index contributed by atoms with van der Waals surface area (Å²) in [5.41, 5.74) is 0.782. The fourth-order valence-electron chi connectivity index (χ4n) is 3.26. The Balaban J connectivity index is 1.48. The molecule has 0 aromatic carbocycles. The Kier molecular flexibility index (Phi) is 5.10. The molecule has 2 aliphatic rings. The van der Waals surface area contributed by atoms with Crippen LogP contribution in [0.5, 0.6) is 0 Å². The van der Waals surface area contributed by atoms with Gasteiger partial charge in [0.15, 0.2) is 0 Å². The highest BCUT2D eigenvalue weighted by Crippen LogP contribution is 2.19. The largest absolute Gasteiger partial charge is 0.354 e. The van der Waals surface area contributed by atoms with Crippen LogP contribution >= 0.6 is 11.3 Å². The standard InChI is InChI=1S/C16H23N3O2S/c20-15(14-4-1-6-17-14)18-9-12-3-2-7-19(10-12)16(21)13-5-8-22-11-13/h5,8,11-12,14,17H,1-4,6-7,9-10H2,(H,18,20)/t12-,14+/m1/s1. The van der Waals surface area contributed by atoms with Crippen molar-refractivity contribution in [2.75, 3.05) is 26.2 Å². The number of likely N-dealkylation sites (tertiary alicyclic amines) is 1. The van der Waals surface area contributed by atoms with E-state index in [9.17, 15) is 9.59 Å². The first-order chi connectivity index (χ1) is 10.7. The van der Waals surface area contributed by atoms with Gasteiger partial charge in [-0.05, 0) is 49.6 Å². The molecule has 0 aliphatic carbocycles. The molecule has 2 saturated heterocycles. The minimum atomic E-state index is -0.0212. The summed E-state index contributed by atoms with van der Waals surface area (Å²) in [6.45, 7) is 3.17. The van der Waals surface area contributed by atoms with E-state index in [1.807, 2.05) is 21.7 Å². The lowest BCUT2D eigenvalue weighted by Gasteiger charge is -2.33. The van der Waals surface area contributed by atoms with Gasteiger partial charge in [-0.3, -0.25) is 9.59 Å². The fourth-order valence-corrected chi connectivity index (χ4v) is 3.89. The zero-order valence-electron chi connectivity index (χ0n) is 12.7. The summed E-state index contributed by atoms with van der Waals surface area (Å²) in [5, 5.41) is 10.1. The van der Waals surface area contributed by atoms with Gasteiger partial charge < -0.3 is 15.5 Å². The first-order valence-electron chi connectivity index (χ1n) is 8.06. The van der Waals surface area contributed by atoms with Crippen molar-refractivity contribution in [3.05, 3.63) is 22.4 Å². The molecular weight excluding hydrogens is 298 g/mol. The molecule has 2 fully saturated rings. The highest BCUT2D eigenvalue weighted by atomic mass is 32.1. The molecule has 6 heteroatoms. The van der Waals surface area contributed by atoms with Crippen LogP contribution in [-0.2, 0) is 4.79 Å². The molecule has 0 saturated carbocycles. The Morgan fingerprint density at radius 1 is 1.36 bits per heavy atom. The minimum absolute atomic E-state index is 0.0212. The number of thiophene rings is 1. The molecule has 120 valence electrons. The van der Waals surface area contributed by atoms with Gasteiger partial charge >= 0.3 is 0 Å². The topological polar surface area (TPSA) is 61.4 Å². The van der Waals surface area contributed by atoms with Gasteiger partial charge in [0, 0.05) is 25.0 Å². The number of piperidine rings is 1. The maximum atomic E-state index is 12.4. The number of hydrogen-bond acceptors (Lipinski definition) is 4. The van der Waals surface area contributed by atoms with Crippen molar-refractivity contribution in [1.82, 2.24) is 15.5 Å². The van der Waals surface area contributed by atoms with Crippen LogP contribution in [0.15, 0.2) is 16.8 Å². The second-order valence-corrected chi connectivity index (χ2v) is 6.95. The van der Waals surface area contributed by atoms with Crippen molar-refractivity contribution >= 4 is 23.2 Å². The van der Waals surface area contributed by atoms with Crippen molar-refractivity contribution in [3.63, 3.8) is 0 Å². The second-order valence-electron chi connectivity index (χ2n) is 6.17. The van der Waals surface area contributed by atoms with E-state index in [1.165, 1.54) is 0 Å². The van der Waals surface area contributed by atoms with Crippen LogP contribution < -0.4 is 10.6 Å². The lowest BCUT2D eigenvalue weighted by Crippen LogP contribution is -2.46. The quantitative estimate of drug-likeness (QED) is 0.883. The molecule has 22 heavy (non-hydrogen) atoms. The predicted octanol–water partition coefficient (Wildman–Crippen LogP) is 1.47. The Morgan fingerprint density at radius 2 is 2.27 bits per heavy atom. The van der Waals surface area contributed by atoms with Gasteiger partial charge in [0.1, 0.15) is 0 Å². The molecule has 3 rings (SSSR count). The van der Waals surface area contributed by atoms with Crippen molar-refractivity contribution in [2.24, 2.45) is 5.92 Å². The van der Waals surface area contributed by atoms with Crippen LogP contribution in [0, 0.1) is 5.92 Å². The third-order valence-electron chi connectivity index (χ3n) is 4.52. The van der Waals surface area contributed by atoms with Crippen LogP contribution in [0.2, 0.25) is 0 Å². The molecule has 2 aliphatic heterocycles. The zero-order chi connectivity index (χ0) is 15.4. The SMILES string of the molecule is O=C(NC[C@H]1CCCN(C(=O)c2ccsc2)C1)[C@@H]1CCCN1. The summed E-state index contributed by atoms with van der Waals surface area (Å²) >= 11 is 1.55. The maximum Gasteiger partial charge on any atom is 0.254 e. The zero-order valence-corrected chi connectivity index (χ0v) is 13.5. The third-order valence-corrected chi connectivity index (χ3v) is 5.20. The molecule has 0 spiro atoms. The average molecular weight is 321 g/mol. The van der Waals surface area contributed by atoms with Crippen LogP contribution in [0.3, 0.4) is 0 Å². The highest BCUT2D eigenvalue weighted by Gasteiger charge is 2.26. The number of rotatable bonds is 4. The highest BCUT2D eigenvalue weighted by molar-refractivity contribution is 7.08. The lowest BCUT2D eigenvalue weighted by atomic mass is 9.97. The van der Waals surface area contributed by atoms with Gasteiger partial charge in [0.2, 0.25) is 5.91 Å². The second kappa shape index (κ2) is 7.24. The van der Waals surface area contributed by atoms with Crippen LogP contribution in [0.4, 0.5) is 0 Å². The maximum absolute atomic E-state index is 12.4. The summed E-state index contributed by atoms with van der Waals surface area (Å²) in [6.07, 6.45) is 4.09. The molecule has 2 atom stereocenters. The number of carbonyl (C=O) groups excluding carboxylic acids is 2. The summed E-state index contributed by atoms with van der Waals surface area (Å²) < 4.78 is 0. The lowest BCUT2D eigenvalue weighted by molar-refractivity contribution is -0.123. The first kappa shape index (κ1) is 15.5. The Labute approximate surface area is 135 Å². The monoisotopic (exact) mass is 321 g/mol. The van der Waals surface area contributed by atoms with Crippen molar-refractivity contribution in [2.45, 2.75) is 31.7 Å². The molecule has 1 aromatic heterocycles. The van der Waals surface area contributed by atoms with Crippen molar-refractivity contribution in [1.29, 1.82) is 0 Å². The fraction of sp³-hybridized carbons (Fsp3) is 0.625. The summed E-state index contributed by atoms with van der Waals surface area (Å²) in [7, 11) is 0. The van der Waals surface area contributed by atoms with Gasteiger partial charge in [0.05, 0.1) is 11.6 Å². The molecule has 2 amide bonds. The van der Waals surface area contributed by atoms with Crippen LogP contribution in [0.25, 0.3) is 0 Å². The molecule has 2 N–H and O–H groups in total. The van der Waals surface area contributed by atoms with Crippen LogP contribution in [-0.4, -0.2) is 48.9 Å². The number of nitrogens with zero attached hydrogens (tertiary/aromatic N) is 1. The molecule has 1 aromatic rings. The molecular formula is C16H23N3O2S. The van der Waals surface area contributed by atoms with E-state index in [2.05, 4.69) is 10.6 Å². The van der Waals surface area contributed by atoms with E-state index < -0.39 is 0 Å². The predicted molar refractivity (Wildman–Crippen MR) is 87.0 cm³/mol. The minimum Gasteiger partial charge on any atom is -0.354 e. The van der Waals surface area contributed by atoms with Gasteiger partial charge in [0.25, 0.3) is 5.91 Å². The number of nitrogens with one attached hydrogen (secondary N) is 2. The normalized spacial score (nSPS) is 25.2. The van der Waals surface area contributed by atoms with E-state index in [0.717, 1.165) is 50.9 Å². The smallest absolute Gasteiger partial charge is 0.254 e. The van der Waals surface area contributed by atoms with E-state index in [-0.39, 0.29) is 17.9 Å². The molecule has 5 nitrogen and oxygen atoms in total. The Hall–Kier alpha value is -1.40. The van der Waals surface area contributed by atoms with Gasteiger partial charge in [-0.2, -0.15) is 11.3 Å². The van der Waals surface area contributed by atoms with Crippen molar-refractivity contribution in [3.8, 4) is 0 Å². The van der Waals surface area contributed by atoms with E-state index in [0.29, 0.717) is 12.5 Å². The number of carbonyl (C=O) groups is 2. The Morgan fingerprint density at radius 3 is 3.00 bits per heavy atom. The van der Waals surface area contributed by atoms with Gasteiger partial charge in [-0.15, -0.1) is 0 Å². The molecule has 0 radical (unpaired) electrons. The van der Waals surface area contributed by atoms with Crippen LogP contribution in [0.1, 0.15) is 36.0 Å². The summed E-state index contributed by atoms with van der Waals surface area (Å²) in [4.78, 5) is 26.4.